The number of nitrogens with one attached hydrogen (secondary N) is 2. The highest BCUT2D eigenvalue weighted by Gasteiger charge is 2.33. The van der Waals surface area contributed by atoms with E-state index in [0.717, 1.165) is 24.7 Å². The number of rotatable bonds is 5. The smallest absolute Gasteiger partial charge is 0.341 e. The van der Waals surface area contributed by atoms with Gasteiger partial charge in [-0.3, -0.25) is 9.59 Å². The first-order valence-corrected chi connectivity index (χ1v) is 10.0. The van der Waals surface area contributed by atoms with Crippen molar-refractivity contribution in [2.24, 2.45) is 0 Å². The predicted octanol–water partition coefficient (Wildman–Crippen LogP) is 2.66. The SMILES string of the molecule is CSCCC1Nc2c(F)cc3c(=O)c(C(=O)O)cn(C4CC4)c3c2NC1=O. The number of aromatic nitrogens is 1. The van der Waals surface area contributed by atoms with E-state index in [1.54, 1.807) is 16.3 Å². The molecule has 0 spiro atoms. The molecule has 0 bridgehead atoms. The summed E-state index contributed by atoms with van der Waals surface area (Å²) in [6.07, 6.45) is 5.44. The van der Waals surface area contributed by atoms with Crippen LogP contribution in [0.3, 0.4) is 0 Å². The lowest BCUT2D eigenvalue weighted by atomic mass is 10.0. The van der Waals surface area contributed by atoms with Crippen LogP contribution in [0.5, 0.6) is 0 Å². The molecule has 2 aromatic rings. The Kier molecular flexibility index (Phi) is 4.33. The fourth-order valence-electron chi connectivity index (χ4n) is 3.43. The van der Waals surface area contributed by atoms with E-state index in [4.69, 9.17) is 0 Å². The number of carbonyl (C=O) groups is 2. The molecule has 3 N–H and O–H groups in total. The first-order valence-electron chi connectivity index (χ1n) is 8.63. The maximum Gasteiger partial charge on any atom is 0.341 e. The van der Waals surface area contributed by atoms with E-state index >= 15 is 0 Å². The molecule has 2 aliphatic rings. The average molecular weight is 391 g/mol. The quantitative estimate of drug-likeness (QED) is 0.725. The summed E-state index contributed by atoms with van der Waals surface area (Å²) >= 11 is 1.59. The van der Waals surface area contributed by atoms with Crippen molar-refractivity contribution in [2.75, 3.05) is 22.6 Å². The summed E-state index contributed by atoms with van der Waals surface area (Å²) in [6.45, 7) is 0. The summed E-state index contributed by atoms with van der Waals surface area (Å²) < 4.78 is 16.5. The van der Waals surface area contributed by atoms with Crippen LogP contribution in [0.15, 0.2) is 17.1 Å². The number of fused-ring (bicyclic) bond motifs is 3. The number of carboxylic acid groups (broad SMARTS) is 1. The molecule has 1 saturated carbocycles. The average Bonchev–Trinajstić information content (AvgIpc) is 3.46. The van der Waals surface area contributed by atoms with E-state index in [9.17, 15) is 23.9 Å². The normalized spacial score (nSPS) is 18.7. The number of amides is 1. The monoisotopic (exact) mass is 391 g/mol. The van der Waals surface area contributed by atoms with Crippen molar-refractivity contribution in [2.45, 2.75) is 31.3 Å². The van der Waals surface area contributed by atoms with Crippen molar-refractivity contribution in [1.82, 2.24) is 4.57 Å². The molecule has 4 rings (SSSR count). The first kappa shape index (κ1) is 17.8. The van der Waals surface area contributed by atoms with Crippen LogP contribution in [0.2, 0.25) is 0 Å². The Morgan fingerprint density at radius 1 is 1.37 bits per heavy atom. The summed E-state index contributed by atoms with van der Waals surface area (Å²) in [5, 5.41) is 15.0. The summed E-state index contributed by atoms with van der Waals surface area (Å²) in [5.74, 6) is -1.59. The van der Waals surface area contributed by atoms with Crippen molar-refractivity contribution in [3.05, 3.63) is 33.9 Å². The van der Waals surface area contributed by atoms with E-state index < -0.39 is 28.8 Å². The molecule has 9 heteroatoms. The van der Waals surface area contributed by atoms with Gasteiger partial charge in [0.15, 0.2) is 0 Å². The number of anilines is 2. The Hall–Kier alpha value is -2.55. The molecule has 142 valence electrons. The van der Waals surface area contributed by atoms with Crippen LogP contribution in [0.25, 0.3) is 10.9 Å². The summed E-state index contributed by atoms with van der Waals surface area (Å²) in [6, 6.07) is 0.543. The molecule has 27 heavy (non-hydrogen) atoms. The van der Waals surface area contributed by atoms with Gasteiger partial charge in [0.1, 0.15) is 17.4 Å². The number of aromatic carboxylic acids is 1. The number of pyridine rings is 1. The second-order valence-electron chi connectivity index (χ2n) is 6.79. The van der Waals surface area contributed by atoms with Gasteiger partial charge in [-0.05, 0) is 37.3 Å². The summed E-state index contributed by atoms with van der Waals surface area (Å²) in [5.41, 5.74) is -0.439. The lowest BCUT2D eigenvalue weighted by molar-refractivity contribution is -0.117. The van der Waals surface area contributed by atoms with Gasteiger partial charge in [-0.2, -0.15) is 11.8 Å². The van der Waals surface area contributed by atoms with Crippen molar-refractivity contribution in [1.29, 1.82) is 0 Å². The van der Waals surface area contributed by atoms with Gasteiger partial charge in [0.25, 0.3) is 0 Å². The third kappa shape index (κ3) is 2.95. The Morgan fingerprint density at radius 3 is 2.74 bits per heavy atom. The van der Waals surface area contributed by atoms with Crippen LogP contribution in [0, 0.1) is 5.82 Å². The van der Waals surface area contributed by atoms with E-state index in [1.165, 1.54) is 6.20 Å². The highest BCUT2D eigenvalue weighted by Crippen LogP contribution is 2.42. The number of hydrogen-bond donors (Lipinski definition) is 3. The predicted molar refractivity (Wildman–Crippen MR) is 102 cm³/mol. The molecule has 1 fully saturated rings. The van der Waals surface area contributed by atoms with Crippen LogP contribution in [0.4, 0.5) is 15.8 Å². The van der Waals surface area contributed by atoms with Gasteiger partial charge in [0, 0.05) is 12.2 Å². The van der Waals surface area contributed by atoms with Gasteiger partial charge in [0.2, 0.25) is 11.3 Å². The molecule has 1 amide bonds. The van der Waals surface area contributed by atoms with Crippen LogP contribution in [-0.2, 0) is 4.79 Å². The molecule has 7 nitrogen and oxygen atoms in total. The number of nitrogens with zero attached hydrogens (tertiary/aromatic N) is 1. The Morgan fingerprint density at radius 2 is 2.11 bits per heavy atom. The van der Waals surface area contributed by atoms with Gasteiger partial charge in [0.05, 0.1) is 22.3 Å². The molecular formula is C18H18FN3O4S. The highest BCUT2D eigenvalue weighted by atomic mass is 32.2. The molecule has 1 atom stereocenters. The van der Waals surface area contributed by atoms with Gasteiger partial charge < -0.3 is 20.3 Å². The fourth-order valence-corrected chi connectivity index (χ4v) is 3.90. The molecule has 1 aromatic heterocycles. The summed E-state index contributed by atoms with van der Waals surface area (Å²) in [7, 11) is 0. The molecule has 2 heterocycles. The zero-order chi connectivity index (χ0) is 19.3. The summed E-state index contributed by atoms with van der Waals surface area (Å²) in [4.78, 5) is 36.5. The Balaban J connectivity index is 1.96. The lowest BCUT2D eigenvalue weighted by Crippen LogP contribution is -2.40. The molecular weight excluding hydrogens is 373 g/mol. The first-order chi connectivity index (χ1) is 12.9. The Labute approximate surface area is 157 Å². The minimum absolute atomic E-state index is 0.0341. The lowest BCUT2D eigenvalue weighted by Gasteiger charge is -2.29. The number of hydrogen-bond acceptors (Lipinski definition) is 5. The minimum atomic E-state index is -1.35. The van der Waals surface area contributed by atoms with E-state index in [2.05, 4.69) is 10.6 Å². The van der Waals surface area contributed by atoms with E-state index in [-0.39, 0.29) is 28.7 Å². The third-order valence-corrected chi connectivity index (χ3v) is 5.58. The van der Waals surface area contributed by atoms with Gasteiger partial charge in [-0.1, -0.05) is 0 Å². The molecule has 1 aromatic carbocycles. The molecule has 1 unspecified atom stereocenters. The largest absolute Gasteiger partial charge is 0.477 e. The van der Waals surface area contributed by atoms with Crippen LogP contribution in [-0.4, -0.2) is 39.6 Å². The molecule has 0 saturated heterocycles. The maximum atomic E-state index is 14.8. The fraction of sp³-hybridized carbons (Fsp3) is 0.389. The molecule has 1 aliphatic carbocycles. The third-order valence-electron chi connectivity index (χ3n) is 4.93. The minimum Gasteiger partial charge on any atom is -0.477 e. The van der Waals surface area contributed by atoms with Crippen LogP contribution in [0.1, 0.15) is 35.7 Å². The molecule has 0 radical (unpaired) electrons. The number of benzene rings is 1. The highest BCUT2D eigenvalue weighted by molar-refractivity contribution is 7.98. The van der Waals surface area contributed by atoms with Crippen LogP contribution >= 0.6 is 11.8 Å². The van der Waals surface area contributed by atoms with Gasteiger partial charge in [-0.15, -0.1) is 0 Å². The number of thioether (sulfide) groups is 1. The maximum absolute atomic E-state index is 14.8. The second kappa shape index (κ2) is 6.56. The van der Waals surface area contributed by atoms with Crippen molar-refractivity contribution in [3.8, 4) is 0 Å². The zero-order valence-electron chi connectivity index (χ0n) is 14.5. The van der Waals surface area contributed by atoms with Crippen molar-refractivity contribution in [3.63, 3.8) is 0 Å². The standard InChI is InChI=1S/C18H18FN3O4S/c1-27-5-4-12-17(24)21-14-13(20-12)11(19)6-9-15(14)22(8-2-3-8)7-10(16(9)23)18(25)26/h6-8,12,20H,2-5H2,1H3,(H,21,24)(H,25,26). The second-order valence-corrected chi connectivity index (χ2v) is 7.77. The zero-order valence-corrected chi connectivity index (χ0v) is 15.4. The number of carbonyl (C=O) groups excluding carboxylic acids is 1. The number of halogens is 1. The van der Waals surface area contributed by atoms with Crippen LogP contribution < -0.4 is 16.1 Å². The van der Waals surface area contributed by atoms with Gasteiger partial charge in [-0.25, -0.2) is 9.18 Å². The van der Waals surface area contributed by atoms with Gasteiger partial charge >= 0.3 is 5.97 Å². The molecule has 1 aliphatic heterocycles. The Bertz CT molecular complexity index is 1030. The van der Waals surface area contributed by atoms with Crippen molar-refractivity contribution >= 4 is 45.9 Å². The van der Waals surface area contributed by atoms with Crippen molar-refractivity contribution < 1.29 is 19.1 Å². The van der Waals surface area contributed by atoms with E-state index in [0.29, 0.717) is 11.9 Å². The number of carboxylic acids is 1. The van der Waals surface area contributed by atoms with E-state index in [1.807, 2.05) is 6.26 Å². The topological polar surface area (TPSA) is 100 Å².